The second-order valence-electron chi connectivity index (χ2n) is 29.1. The van der Waals surface area contributed by atoms with Gasteiger partial charge < -0.3 is 58.6 Å². The van der Waals surface area contributed by atoms with Gasteiger partial charge in [0.25, 0.3) is 0 Å². The summed E-state index contributed by atoms with van der Waals surface area (Å²) in [6.45, 7) is 47.0. The number of methoxy groups -OCH3 is 1. The van der Waals surface area contributed by atoms with E-state index in [1.807, 2.05) is 32.0 Å². The van der Waals surface area contributed by atoms with Crippen LogP contribution in [-0.4, -0.2) is 139 Å². The third-order valence-electron chi connectivity index (χ3n) is 24.2. The number of esters is 4. The zero-order chi connectivity index (χ0) is 71.4. The van der Waals surface area contributed by atoms with Gasteiger partial charge in [0, 0.05) is 24.8 Å². The van der Waals surface area contributed by atoms with Crippen LogP contribution in [0.3, 0.4) is 0 Å². The van der Waals surface area contributed by atoms with Crippen LogP contribution in [0.15, 0.2) is 30.3 Å². The molecule has 1 aliphatic heterocycles. The van der Waals surface area contributed by atoms with Crippen molar-refractivity contribution in [2.45, 2.75) is 290 Å². The quantitative estimate of drug-likeness (QED) is 0.0325. The maximum Gasteiger partial charge on any atom is 0.319 e. The van der Waals surface area contributed by atoms with Crippen molar-refractivity contribution >= 4 is 35.6 Å². The summed E-state index contributed by atoms with van der Waals surface area (Å²) in [7, 11) is 1.68. The minimum atomic E-state index is -1.57. The van der Waals surface area contributed by atoms with Crippen LogP contribution in [0, 0.1) is 49.7 Å². The highest BCUT2D eigenvalue weighted by atomic mass is 16.6. The van der Waals surface area contributed by atoms with Gasteiger partial charge in [0.1, 0.15) is 30.7 Å². The molecule has 2 amide bonds. The van der Waals surface area contributed by atoms with Gasteiger partial charge in [-0.3, -0.25) is 19.2 Å². The summed E-state index contributed by atoms with van der Waals surface area (Å²) in [5, 5.41) is 9.37. The fraction of sp³-hybridized carbons (Fsp3) is 0.857. The molecule has 1 fully saturated rings. The summed E-state index contributed by atoms with van der Waals surface area (Å²) in [4.78, 5) is 76.2. The number of hydrogen-bond acceptors (Lipinski definition) is 15. The molecule has 94 heavy (non-hydrogen) atoms. The summed E-state index contributed by atoms with van der Waals surface area (Å²) in [6.07, 6.45) is 11.9. The molecule has 0 aliphatic carbocycles. The Kier molecular flexibility index (Phi) is 35.8. The van der Waals surface area contributed by atoms with Crippen molar-refractivity contribution in [3.63, 3.8) is 0 Å². The third kappa shape index (κ3) is 19.1. The highest BCUT2D eigenvalue weighted by molar-refractivity contribution is 5.89. The Hall–Kier alpha value is -3.87. The van der Waals surface area contributed by atoms with Crippen molar-refractivity contribution in [3.8, 4) is 0 Å². The van der Waals surface area contributed by atoms with Crippen molar-refractivity contribution in [2.24, 2.45) is 49.7 Å². The highest BCUT2D eigenvalue weighted by Crippen LogP contribution is 2.74. The summed E-state index contributed by atoms with van der Waals surface area (Å²) in [6, 6.07) is 8.62. The Morgan fingerprint density at radius 1 is 0.574 bits per heavy atom. The Bertz CT molecular complexity index is 2410. The monoisotopic (exact) mass is 1330 g/mol. The molecule has 0 aromatic heterocycles. The first-order valence-corrected chi connectivity index (χ1v) is 36.9. The van der Waals surface area contributed by atoms with E-state index in [-0.39, 0.29) is 64.6 Å². The number of hydrogen-bond donors (Lipinski definition) is 3. The van der Waals surface area contributed by atoms with Crippen molar-refractivity contribution < 1.29 is 66.6 Å². The van der Waals surface area contributed by atoms with Crippen LogP contribution in [-0.2, 0) is 61.8 Å². The zero-order valence-corrected chi connectivity index (χ0v) is 64.0. The van der Waals surface area contributed by atoms with Crippen LogP contribution in [0.1, 0.15) is 268 Å². The van der Waals surface area contributed by atoms with E-state index in [0.29, 0.717) is 109 Å². The fourth-order valence-corrected chi connectivity index (χ4v) is 17.1. The molecule has 17 heteroatoms. The normalized spacial score (nSPS) is 29.5. The van der Waals surface area contributed by atoms with Crippen molar-refractivity contribution in [3.05, 3.63) is 30.3 Å². The van der Waals surface area contributed by atoms with E-state index in [2.05, 4.69) is 134 Å². The fourth-order valence-electron chi connectivity index (χ4n) is 17.1. The number of para-hydroxylation sites is 1. The molecular formula is C77H139N3O14. The second-order valence-corrected chi connectivity index (χ2v) is 29.1. The van der Waals surface area contributed by atoms with Gasteiger partial charge in [-0.2, -0.15) is 0 Å². The van der Waals surface area contributed by atoms with Crippen LogP contribution >= 0.6 is 0 Å². The Morgan fingerprint density at radius 3 is 1.57 bits per heavy atom. The van der Waals surface area contributed by atoms with Crippen molar-refractivity contribution in [1.29, 1.82) is 0 Å². The lowest BCUT2D eigenvalue weighted by Gasteiger charge is -2.71. The van der Waals surface area contributed by atoms with E-state index in [0.717, 1.165) is 38.5 Å². The van der Waals surface area contributed by atoms with E-state index in [1.54, 1.807) is 40.0 Å². The predicted molar refractivity (Wildman–Crippen MR) is 379 cm³/mol. The molecule has 2 rings (SSSR count). The van der Waals surface area contributed by atoms with Gasteiger partial charge in [0.2, 0.25) is 0 Å². The van der Waals surface area contributed by atoms with Crippen LogP contribution in [0.2, 0.25) is 0 Å². The molecule has 0 bridgehead atoms. The van der Waals surface area contributed by atoms with Gasteiger partial charge in [0.15, 0.2) is 0 Å². The lowest BCUT2D eigenvalue weighted by molar-refractivity contribution is -0.285. The third-order valence-corrected chi connectivity index (χ3v) is 24.2. The number of carbonyl (C=O) groups is 5. The van der Waals surface area contributed by atoms with Crippen molar-refractivity contribution in [2.75, 3.05) is 91.5 Å². The molecule has 3 N–H and O–H groups in total. The van der Waals surface area contributed by atoms with E-state index < -0.39 is 90.2 Å². The lowest BCUT2D eigenvalue weighted by Crippen LogP contribution is -2.74. The number of likely N-dealkylation sites (N-methyl/N-ethyl adjacent to an activating group) is 1. The van der Waals surface area contributed by atoms with E-state index in [4.69, 9.17) is 42.6 Å². The SMILES string of the molecule is CCCCCCC(C)(CCOC(C)(CNCC)C1(C)C(C)(CC)C(CC)(CC)C(=O)OCC(C)(C(=O)OCCNC(=O)Nc2ccccc2)COC(C)(CC)C(CC)C(CC)C(CC)(CCC)OCC(C)(C(=O)OCC)COC(=O)C(CC)(CC)C1(C)CC)OCCOC. The molecule has 0 radical (unpaired) electrons. The summed E-state index contributed by atoms with van der Waals surface area (Å²) in [5.41, 5.74) is -11.7. The number of benzene rings is 1. The molecule has 1 aliphatic rings. The molecule has 1 aromatic carbocycles. The van der Waals surface area contributed by atoms with E-state index >= 15 is 14.4 Å². The number of cyclic esters (lactones) is 2. The Balaban J connectivity index is 3.40. The topological polar surface area (TPSA) is 205 Å². The summed E-state index contributed by atoms with van der Waals surface area (Å²) in [5.74, 6) is -2.38. The number of unbranched alkanes of at least 4 members (excludes halogenated alkanes) is 3. The van der Waals surface area contributed by atoms with Gasteiger partial charge in [-0.15, -0.1) is 0 Å². The van der Waals surface area contributed by atoms with Gasteiger partial charge in [-0.25, -0.2) is 4.79 Å². The maximum absolute atomic E-state index is 16.6. The van der Waals surface area contributed by atoms with Crippen LogP contribution in [0.4, 0.5) is 10.5 Å². The smallest absolute Gasteiger partial charge is 0.319 e. The van der Waals surface area contributed by atoms with Crippen LogP contribution in [0.5, 0.6) is 0 Å². The number of amides is 2. The molecule has 1 aromatic rings. The first-order valence-electron chi connectivity index (χ1n) is 36.9. The molecule has 11 unspecified atom stereocenters. The molecule has 546 valence electrons. The van der Waals surface area contributed by atoms with Gasteiger partial charge >= 0.3 is 29.9 Å². The second kappa shape index (κ2) is 39.1. The van der Waals surface area contributed by atoms with Gasteiger partial charge in [-0.1, -0.05) is 174 Å². The highest BCUT2D eigenvalue weighted by Gasteiger charge is 2.75. The summed E-state index contributed by atoms with van der Waals surface area (Å²) >= 11 is 0. The number of nitrogens with one attached hydrogen (secondary N) is 3. The summed E-state index contributed by atoms with van der Waals surface area (Å²) < 4.78 is 60.7. The number of anilines is 1. The Morgan fingerprint density at radius 2 is 1.12 bits per heavy atom. The molecule has 0 saturated carbocycles. The number of carbonyl (C=O) groups excluding carboxylic acids is 5. The van der Waals surface area contributed by atoms with Gasteiger partial charge in [0.05, 0.1) is 79.4 Å². The standard InChI is InChI=1S/C77H139N3O14/c1-24-38-39-43-47-69(17,91-53-52-86-23)48-50-92-73(21,54-78-36-13)74(22)71(19,29-6)75(31-8,32-9)64(83)89-55-67(15,63(82)88-51-49-79-66(85)80-59-44-41-40-42-45-59)57-93-70(18,28-5)60(26-3)61(27-4)77(35-12,46-25-2)94-58-68(16,62(81)87-37-14)56-90-65(84)76(33-10,34-11)72(74,20)30-7/h40-42,44-45,60-61,78H,24-39,43,46-58H2,1-23H3,(H2,79,80,85). The maximum atomic E-state index is 16.6. The number of ether oxygens (including phenoxy) is 9. The van der Waals surface area contributed by atoms with Gasteiger partial charge in [-0.05, 0) is 154 Å². The molecule has 1 heterocycles. The molecule has 1 saturated heterocycles. The molecule has 17 nitrogen and oxygen atoms in total. The minimum absolute atomic E-state index is 0.00533. The average Bonchev–Trinajstić information content (AvgIpc) is 0.674. The first-order chi connectivity index (χ1) is 44.4. The van der Waals surface area contributed by atoms with Crippen molar-refractivity contribution in [1.82, 2.24) is 10.6 Å². The van der Waals surface area contributed by atoms with Crippen LogP contribution in [0.25, 0.3) is 0 Å². The first kappa shape index (κ1) is 86.2. The van der Waals surface area contributed by atoms with Crippen LogP contribution < -0.4 is 16.0 Å². The molecule has 0 spiro atoms. The number of urea groups is 1. The largest absolute Gasteiger partial charge is 0.465 e. The number of rotatable bonds is 36. The van der Waals surface area contributed by atoms with E-state index in [9.17, 15) is 9.59 Å². The molecular weight excluding hydrogens is 1190 g/mol. The average molecular weight is 1330 g/mol. The molecule has 11 atom stereocenters. The lowest BCUT2D eigenvalue weighted by atomic mass is 9.33. The minimum Gasteiger partial charge on any atom is -0.465 e. The predicted octanol–water partition coefficient (Wildman–Crippen LogP) is 16.8. The zero-order valence-electron chi connectivity index (χ0n) is 64.0. The van der Waals surface area contributed by atoms with E-state index in [1.165, 1.54) is 0 Å². The Labute approximate surface area is 572 Å².